The van der Waals surface area contributed by atoms with Gasteiger partial charge in [0.2, 0.25) is 0 Å². The van der Waals surface area contributed by atoms with E-state index in [2.05, 4.69) is 11.8 Å². The molecular formula is C15H20O2. The van der Waals surface area contributed by atoms with Crippen LogP contribution in [0.2, 0.25) is 0 Å². The third-order valence-corrected chi connectivity index (χ3v) is 2.31. The molecule has 1 N–H and O–H groups in total. The van der Waals surface area contributed by atoms with Gasteiger partial charge in [-0.05, 0) is 12.0 Å². The standard InChI is InChI=1S/C15H20O2/c1-2-8-15(16)11-6-7-12-17-13-14-9-4-3-5-10-14/h3-5,9-10,15-16H,2,7-8,12-13H2,1H3/t15-/m0/s1. The SMILES string of the molecule is CCC[C@H](O)C#CCCOCc1ccccc1. The average molecular weight is 232 g/mol. The van der Waals surface area contributed by atoms with E-state index in [0.717, 1.165) is 12.8 Å². The van der Waals surface area contributed by atoms with Crippen molar-refractivity contribution >= 4 is 0 Å². The lowest BCUT2D eigenvalue weighted by molar-refractivity contribution is 0.126. The molecule has 0 fully saturated rings. The Morgan fingerprint density at radius 2 is 2.06 bits per heavy atom. The molecule has 92 valence electrons. The summed E-state index contributed by atoms with van der Waals surface area (Å²) < 4.78 is 5.48. The molecule has 2 heteroatoms. The van der Waals surface area contributed by atoms with Gasteiger partial charge in [-0.2, -0.15) is 0 Å². The van der Waals surface area contributed by atoms with Crippen molar-refractivity contribution in [2.24, 2.45) is 0 Å². The van der Waals surface area contributed by atoms with Gasteiger partial charge in [-0.3, -0.25) is 0 Å². The van der Waals surface area contributed by atoms with Crippen LogP contribution in [0.1, 0.15) is 31.7 Å². The monoisotopic (exact) mass is 232 g/mol. The molecule has 0 unspecified atom stereocenters. The predicted molar refractivity (Wildman–Crippen MR) is 69.4 cm³/mol. The Morgan fingerprint density at radius 1 is 1.29 bits per heavy atom. The number of rotatable bonds is 6. The molecule has 0 bridgehead atoms. The maximum Gasteiger partial charge on any atom is 0.114 e. The van der Waals surface area contributed by atoms with E-state index in [0.29, 0.717) is 19.6 Å². The van der Waals surface area contributed by atoms with Gasteiger partial charge in [0.15, 0.2) is 0 Å². The van der Waals surface area contributed by atoms with Crippen molar-refractivity contribution in [3.63, 3.8) is 0 Å². The highest BCUT2D eigenvalue weighted by Gasteiger charge is 1.94. The molecule has 17 heavy (non-hydrogen) atoms. The van der Waals surface area contributed by atoms with Crippen LogP contribution >= 0.6 is 0 Å². The van der Waals surface area contributed by atoms with Crippen molar-refractivity contribution in [3.05, 3.63) is 35.9 Å². The lowest BCUT2D eigenvalue weighted by Crippen LogP contribution is -2.01. The summed E-state index contributed by atoms with van der Waals surface area (Å²) in [5.74, 6) is 5.74. The molecular weight excluding hydrogens is 212 g/mol. The van der Waals surface area contributed by atoms with Gasteiger partial charge in [0.05, 0.1) is 13.2 Å². The Morgan fingerprint density at radius 3 is 2.76 bits per heavy atom. The molecule has 0 aliphatic heterocycles. The van der Waals surface area contributed by atoms with Crippen molar-refractivity contribution in [3.8, 4) is 11.8 Å². The van der Waals surface area contributed by atoms with E-state index in [-0.39, 0.29) is 0 Å². The van der Waals surface area contributed by atoms with Crippen LogP contribution in [0.25, 0.3) is 0 Å². The molecule has 0 amide bonds. The van der Waals surface area contributed by atoms with Crippen molar-refractivity contribution in [2.45, 2.75) is 38.9 Å². The first-order valence-electron chi connectivity index (χ1n) is 6.11. The molecule has 0 saturated carbocycles. The van der Waals surface area contributed by atoms with Gasteiger partial charge >= 0.3 is 0 Å². The summed E-state index contributed by atoms with van der Waals surface area (Å²) in [4.78, 5) is 0. The van der Waals surface area contributed by atoms with E-state index >= 15 is 0 Å². The first-order chi connectivity index (χ1) is 8.33. The third-order valence-electron chi connectivity index (χ3n) is 2.31. The molecule has 0 aromatic heterocycles. The zero-order chi connectivity index (χ0) is 12.3. The minimum absolute atomic E-state index is 0.478. The topological polar surface area (TPSA) is 29.5 Å². The lowest BCUT2D eigenvalue weighted by atomic mass is 10.2. The van der Waals surface area contributed by atoms with Gasteiger partial charge in [0.25, 0.3) is 0 Å². The first kappa shape index (κ1) is 13.8. The summed E-state index contributed by atoms with van der Waals surface area (Å²) in [5.41, 5.74) is 1.17. The molecule has 2 nitrogen and oxygen atoms in total. The summed E-state index contributed by atoms with van der Waals surface area (Å²) in [6.07, 6.45) is 1.90. The normalized spacial score (nSPS) is 11.6. The maximum atomic E-state index is 9.37. The van der Waals surface area contributed by atoms with Crippen LogP contribution in [-0.2, 0) is 11.3 Å². The average Bonchev–Trinajstić information content (AvgIpc) is 2.35. The molecule has 0 aliphatic carbocycles. The Balaban J connectivity index is 2.09. The fourth-order valence-corrected chi connectivity index (χ4v) is 1.42. The molecule has 1 rings (SSSR count). The summed E-state index contributed by atoms with van der Waals surface area (Å²) in [6, 6.07) is 10.1. The molecule has 0 heterocycles. The molecule has 0 radical (unpaired) electrons. The number of ether oxygens (including phenoxy) is 1. The molecule has 1 aromatic rings. The lowest BCUT2D eigenvalue weighted by Gasteiger charge is -2.01. The van der Waals surface area contributed by atoms with E-state index < -0.39 is 6.10 Å². The maximum absolute atomic E-state index is 9.37. The number of hydrogen-bond donors (Lipinski definition) is 1. The Bertz CT molecular complexity index is 348. The van der Waals surface area contributed by atoms with E-state index in [1.165, 1.54) is 5.56 Å². The Hall–Kier alpha value is -1.30. The third kappa shape index (κ3) is 6.78. The fraction of sp³-hybridized carbons (Fsp3) is 0.467. The molecule has 0 spiro atoms. The molecule has 1 atom stereocenters. The van der Waals surface area contributed by atoms with Crippen LogP contribution in [0.3, 0.4) is 0 Å². The smallest absolute Gasteiger partial charge is 0.114 e. The quantitative estimate of drug-likeness (QED) is 0.603. The summed E-state index contributed by atoms with van der Waals surface area (Å²) in [7, 11) is 0. The van der Waals surface area contributed by atoms with Crippen LogP contribution in [0.5, 0.6) is 0 Å². The fourth-order valence-electron chi connectivity index (χ4n) is 1.42. The highest BCUT2D eigenvalue weighted by atomic mass is 16.5. The minimum Gasteiger partial charge on any atom is -0.380 e. The summed E-state index contributed by atoms with van der Waals surface area (Å²) in [5, 5.41) is 9.37. The highest BCUT2D eigenvalue weighted by molar-refractivity contribution is 5.13. The highest BCUT2D eigenvalue weighted by Crippen LogP contribution is 2.00. The molecule has 1 aromatic carbocycles. The Kier molecular flexibility index (Phi) is 7.13. The van der Waals surface area contributed by atoms with Gasteiger partial charge in [0.1, 0.15) is 6.10 Å². The zero-order valence-corrected chi connectivity index (χ0v) is 10.4. The van der Waals surface area contributed by atoms with Crippen molar-refractivity contribution in [1.82, 2.24) is 0 Å². The largest absolute Gasteiger partial charge is 0.380 e. The van der Waals surface area contributed by atoms with Crippen LogP contribution in [0, 0.1) is 11.8 Å². The van der Waals surface area contributed by atoms with Gasteiger partial charge in [-0.15, -0.1) is 0 Å². The molecule has 0 aliphatic rings. The molecule has 0 saturated heterocycles. The second-order valence-corrected chi connectivity index (χ2v) is 3.91. The Labute approximate surface area is 104 Å². The van der Waals surface area contributed by atoms with Crippen molar-refractivity contribution in [2.75, 3.05) is 6.61 Å². The predicted octanol–water partition coefficient (Wildman–Crippen LogP) is 2.76. The first-order valence-corrected chi connectivity index (χ1v) is 6.11. The van der Waals surface area contributed by atoms with Crippen LogP contribution < -0.4 is 0 Å². The number of benzene rings is 1. The van der Waals surface area contributed by atoms with Crippen LogP contribution in [-0.4, -0.2) is 17.8 Å². The van der Waals surface area contributed by atoms with Crippen molar-refractivity contribution in [1.29, 1.82) is 0 Å². The zero-order valence-electron chi connectivity index (χ0n) is 10.4. The van der Waals surface area contributed by atoms with Crippen molar-refractivity contribution < 1.29 is 9.84 Å². The second kappa shape index (κ2) is 8.81. The summed E-state index contributed by atoms with van der Waals surface area (Å²) >= 11 is 0. The summed E-state index contributed by atoms with van der Waals surface area (Å²) in [6.45, 7) is 3.27. The van der Waals surface area contributed by atoms with E-state index in [1.807, 2.05) is 37.3 Å². The van der Waals surface area contributed by atoms with Gasteiger partial charge in [0, 0.05) is 6.42 Å². The van der Waals surface area contributed by atoms with Crippen LogP contribution in [0.15, 0.2) is 30.3 Å². The van der Waals surface area contributed by atoms with E-state index in [9.17, 15) is 5.11 Å². The number of aliphatic hydroxyl groups is 1. The van der Waals surface area contributed by atoms with E-state index in [1.54, 1.807) is 0 Å². The second-order valence-electron chi connectivity index (χ2n) is 3.91. The number of hydrogen-bond acceptors (Lipinski definition) is 2. The van der Waals surface area contributed by atoms with Gasteiger partial charge < -0.3 is 9.84 Å². The van der Waals surface area contributed by atoms with Gasteiger partial charge in [-0.1, -0.05) is 55.5 Å². The van der Waals surface area contributed by atoms with E-state index in [4.69, 9.17) is 4.74 Å². The van der Waals surface area contributed by atoms with Gasteiger partial charge in [-0.25, -0.2) is 0 Å². The minimum atomic E-state index is -0.478. The number of aliphatic hydroxyl groups excluding tert-OH is 1. The van der Waals surface area contributed by atoms with Crippen LogP contribution in [0.4, 0.5) is 0 Å².